The van der Waals surface area contributed by atoms with Gasteiger partial charge >= 0.3 is 0 Å². The number of alkyl halides is 1. The van der Waals surface area contributed by atoms with Crippen molar-refractivity contribution in [2.45, 2.75) is 24.2 Å². The first-order valence-electron chi connectivity index (χ1n) is 5.89. The molecule has 0 saturated heterocycles. The van der Waals surface area contributed by atoms with Gasteiger partial charge in [-0.25, -0.2) is 13.1 Å². The molecule has 1 fully saturated rings. The van der Waals surface area contributed by atoms with Gasteiger partial charge in [0, 0.05) is 22.5 Å². The number of hydrogen-bond acceptors (Lipinski definition) is 2. The van der Waals surface area contributed by atoms with Gasteiger partial charge in [-0.2, -0.15) is 0 Å². The van der Waals surface area contributed by atoms with Gasteiger partial charge in [0.25, 0.3) is 0 Å². The van der Waals surface area contributed by atoms with Crippen molar-refractivity contribution in [3.8, 4) is 0 Å². The summed E-state index contributed by atoms with van der Waals surface area (Å²) in [6, 6.07) is 4.27. The van der Waals surface area contributed by atoms with Gasteiger partial charge in [-0.1, -0.05) is 23.2 Å². The van der Waals surface area contributed by atoms with E-state index in [0.29, 0.717) is 22.5 Å². The number of sulfonamides is 1. The van der Waals surface area contributed by atoms with Crippen LogP contribution in [-0.2, 0) is 10.0 Å². The molecule has 0 radical (unpaired) electrons. The zero-order valence-electron chi connectivity index (χ0n) is 10.1. The molecule has 0 amide bonds. The van der Waals surface area contributed by atoms with Crippen LogP contribution in [0.2, 0.25) is 10.0 Å². The summed E-state index contributed by atoms with van der Waals surface area (Å²) in [5.41, 5.74) is 0.0389. The molecule has 3 nitrogen and oxygen atoms in total. The first-order valence-corrected chi connectivity index (χ1v) is 8.66. The lowest BCUT2D eigenvalue weighted by atomic mass is 10.1. The first kappa shape index (κ1) is 15.4. The molecule has 106 valence electrons. The van der Waals surface area contributed by atoms with Crippen molar-refractivity contribution >= 4 is 44.8 Å². The van der Waals surface area contributed by atoms with E-state index in [1.807, 2.05) is 0 Å². The Morgan fingerprint density at radius 3 is 2.21 bits per heavy atom. The molecular formula is C12H14Cl3NO2S. The average Bonchev–Trinajstić information content (AvgIpc) is 3.06. The summed E-state index contributed by atoms with van der Waals surface area (Å²) in [7, 11) is -3.58. The molecule has 1 aliphatic carbocycles. The summed E-state index contributed by atoms with van der Waals surface area (Å²) in [6.45, 7) is 0.409. The van der Waals surface area contributed by atoms with E-state index in [9.17, 15) is 8.42 Å². The Morgan fingerprint density at radius 2 is 1.74 bits per heavy atom. The number of nitrogens with one attached hydrogen (secondary N) is 1. The van der Waals surface area contributed by atoms with Gasteiger partial charge in [0.1, 0.15) is 0 Å². The molecule has 0 unspecified atom stereocenters. The van der Waals surface area contributed by atoms with Crippen molar-refractivity contribution in [1.82, 2.24) is 4.72 Å². The van der Waals surface area contributed by atoms with Crippen LogP contribution in [0, 0.1) is 5.41 Å². The maximum Gasteiger partial charge on any atom is 0.240 e. The second kappa shape index (κ2) is 5.78. The summed E-state index contributed by atoms with van der Waals surface area (Å²) in [4.78, 5) is 0.0895. The molecule has 1 aromatic carbocycles. The van der Waals surface area contributed by atoms with E-state index in [2.05, 4.69) is 4.72 Å². The molecule has 1 aromatic rings. The molecule has 1 N–H and O–H groups in total. The lowest BCUT2D eigenvalue weighted by Crippen LogP contribution is -2.30. The maximum absolute atomic E-state index is 12.2. The van der Waals surface area contributed by atoms with Crippen LogP contribution in [0.4, 0.5) is 0 Å². The molecule has 0 spiro atoms. The van der Waals surface area contributed by atoms with Crippen LogP contribution >= 0.6 is 34.8 Å². The third kappa shape index (κ3) is 3.99. The monoisotopic (exact) mass is 341 g/mol. The number of halogens is 3. The minimum Gasteiger partial charge on any atom is -0.211 e. The summed E-state index contributed by atoms with van der Waals surface area (Å²) in [6.07, 6.45) is 2.85. The van der Waals surface area contributed by atoms with E-state index >= 15 is 0 Å². The van der Waals surface area contributed by atoms with E-state index < -0.39 is 10.0 Å². The van der Waals surface area contributed by atoms with E-state index in [0.717, 1.165) is 19.3 Å². The van der Waals surface area contributed by atoms with E-state index in [-0.39, 0.29) is 10.3 Å². The molecule has 0 atom stereocenters. The van der Waals surface area contributed by atoms with Crippen molar-refractivity contribution in [2.24, 2.45) is 5.41 Å². The Balaban J connectivity index is 2.10. The Kier molecular flexibility index (Phi) is 4.68. The van der Waals surface area contributed by atoms with E-state index in [4.69, 9.17) is 34.8 Å². The molecule has 0 aromatic heterocycles. The molecule has 0 aliphatic heterocycles. The highest BCUT2D eigenvalue weighted by molar-refractivity contribution is 7.89. The zero-order valence-corrected chi connectivity index (χ0v) is 13.2. The van der Waals surface area contributed by atoms with Crippen LogP contribution in [0.25, 0.3) is 0 Å². The summed E-state index contributed by atoms with van der Waals surface area (Å²) < 4.78 is 26.9. The third-order valence-corrected chi connectivity index (χ3v) is 5.37. The van der Waals surface area contributed by atoms with Crippen LogP contribution in [0.5, 0.6) is 0 Å². The fourth-order valence-corrected chi connectivity index (χ4v) is 4.19. The SMILES string of the molecule is O=S(=O)(NCC1(CCCl)CC1)c1cc(Cl)cc(Cl)c1. The fourth-order valence-electron chi connectivity index (χ4n) is 1.91. The average molecular weight is 343 g/mol. The molecule has 2 rings (SSSR count). The topological polar surface area (TPSA) is 46.2 Å². The van der Waals surface area contributed by atoms with Crippen molar-refractivity contribution < 1.29 is 8.42 Å². The summed E-state index contributed by atoms with van der Waals surface area (Å²) in [5, 5.41) is 0.601. The number of hydrogen-bond donors (Lipinski definition) is 1. The highest BCUT2D eigenvalue weighted by atomic mass is 35.5. The molecule has 0 heterocycles. The zero-order chi connectivity index (χ0) is 14.1. The van der Waals surface area contributed by atoms with Crippen LogP contribution in [0.15, 0.2) is 23.1 Å². The van der Waals surface area contributed by atoms with Gasteiger partial charge in [-0.3, -0.25) is 0 Å². The number of rotatable bonds is 6. The van der Waals surface area contributed by atoms with Crippen LogP contribution in [0.3, 0.4) is 0 Å². The van der Waals surface area contributed by atoms with Crippen molar-refractivity contribution in [3.63, 3.8) is 0 Å². The second-order valence-corrected chi connectivity index (χ2v) is 7.89. The van der Waals surface area contributed by atoms with E-state index in [1.54, 1.807) is 0 Å². The minimum atomic E-state index is -3.58. The lowest BCUT2D eigenvalue weighted by molar-refractivity contribution is 0.478. The highest BCUT2D eigenvalue weighted by Gasteiger charge is 2.42. The van der Waals surface area contributed by atoms with Gasteiger partial charge in [-0.05, 0) is 42.9 Å². The van der Waals surface area contributed by atoms with Gasteiger partial charge in [-0.15, -0.1) is 11.6 Å². The number of benzene rings is 1. The Hall–Kier alpha value is -0.000000000000000139. The molecule has 0 bridgehead atoms. The van der Waals surface area contributed by atoms with Crippen LogP contribution < -0.4 is 4.72 Å². The van der Waals surface area contributed by atoms with Gasteiger partial charge in [0.05, 0.1) is 4.90 Å². The second-order valence-electron chi connectivity index (χ2n) is 4.87. The Bertz CT molecular complexity index is 550. The third-order valence-electron chi connectivity index (χ3n) is 3.37. The van der Waals surface area contributed by atoms with Gasteiger partial charge < -0.3 is 0 Å². The largest absolute Gasteiger partial charge is 0.240 e. The highest BCUT2D eigenvalue weighted by Crippen LogP contribution is 2.48. The van der Waals surface area contributed by atoms with Crippen molar-refractivity contribution in [1.29, 1.82) is 0 Å². The standard InChI is InChI=1S/C12H14Cl3NO2S/c13-4-3-12(1-2-12)8-16-19(17,18)11-6-9(14)5-10(15)7-11/h5-7,16H,1-4,8H2. The van der Waals surface area contributed by atoms with Crippen molar-refractivity contribution in [2.75, 3.05) is 12.4 Å². The summed E-state index contributed by atoms with van der Waals surface area (Å²) >= 11 is 17.4. The maximum atomic E-state index is 12.2. The molecule has 7 heteroatoms. The smallest absolute Gasteiger partial charge is 0.211 e. The predicted octanol–water partition coefficient (Wildman–Crippen LogP) is 3.68. The molecular weight excluding hydrogens is 329 g/mol. The van der Waals surface area contributed by atoms with E-state index in [1.165, 1.54) is 18.2 Å². The predicted molar refractivity (Wildman–Crippen MR) is 78.7 cm³/mol. The van der Waals surface area contributed by atoms with Gasteiger partial charge in [0.15, 0.2) is 0 Å². The van der Waals surface area contributed by atoms with Crippen LogP contribution in [-0.4, -0.2) is 20.8 Å². The first-order chi connectivity index (χ1) is 8.87. The molecule has 1 aliphatic rings. The normalized spacial score (nSPS) is 17.4. The quantitative estimate of drug-likeness (QED) is 0.802. The van der Waals surface area contributed by atoms with Crippen molar-refractivity contribution in [3.05, 3.63) is 28.2 Å². The summed E-state index contributed by atoms with van der Waals surface area (Å²) in [5.74, 6) is 0.546. The minimum absolute atomic E-state index is 0.0389. The van der Waals surface area contributed by atoms with Gasteiger partial charge in [0.2, 0.25) is 10.0 Å². The fraction of sp³-hybridized carbons (Fsp3) is 0.500. The van der Waals surface area contributed by atoms with Crippen LogP contribution in [0.1, 0.15) is 19.3 Å². The lowest BCUT2D eigenvalue weighted by Gasteiger charge is -2.15. The molecule has 19 heavy (non-hydrogen) atoms. The Morgan fingerprint density at radius 1 is 1.16 bits per heavy atom. The molecule has 1 saturated carbocycles. The Labute approximate surface area is 128 Å².